The Balaban J connectivity index is 1.31. The molecule has 1 N–H and O–H groups in total. The van der Waals surface area contributed by atoms with Crippen LogP contribution in [0.3, 0.4) is 0 Å². The van der Waals surface area contributed by atoms with Gasteiger partial charge in [0.2, 0.25) is 5.79 Å². The van der Waals surface area contributed by atoms with Gasteiger partial charge in [0.05, 0.1) is 5.60 Å². The van der Waals surface area contributed by atoms with E-state index < -0.39 is 11.4 Å². The average Bonchev–Trinajstić information content (AvgIpc) is 2.98. The smallest absolute Gasteiger partial charge is 0.250 e. The van der Waals surface area contributed by atoms with Crippen LogP contribution in [0.5, 0.6) is 11.5 Å². The predicted molar refractivity (Wildman–Crippen MR) is 102 cm³/mol. The second-order valence-corrected chi connectivity index (χ2v) is 7.85. The molecule has 2 heterocycles. The fourth-order valence-corrected chi connectivity index (χ4v) is 3.89. The minimum atomic E-state index is -0.762. The summed E-state index contributed by atoms with van der Waals surface area (Å²) in [6, 6.07) is 15.3. The highest BCUT2D eigenvalue weighted by molar-refractivity contribution is 6.30. The topological polar surface area (TPSA) is 41.9 Å². The Kier molecular flexibility index (Phi) is 4.59. The molecular weight excluding hydrogens is 350 g/mol. The van der Waals surface area contributed by atoms with Gasteiger partial charge in [0, 0.05) is 38.0 Å². The minimum absolute atomic E-state index is 0.617. The lowest BCUT2D eigenvalue weighted by molar-refractivity contribution is -0.0801. The second kappa shape index (κ2) is 6.76. The van der Waals surface area contributed by atoms with E-state index in [1.54, 1.807) is 0 Å². The average molecular weight is 374 g/mol. The fraction of sp³-hybridized carbons (Fsp3) is 0.429. The maximum Gasteiger partial charge on any atom is 0.250 e. The quantitative estimate of drug-likeness (QED) is 0.872. The van der Waals surface area contributed by atoms with Crippen LogP contribution >= 0.6 is 11.6 Å². The number of piperidine rings is 1. The molecule has 0 aliphatic carbocycles. The molecule has 0 radical (unpaired) electrons. The Morgan fingerprint density at radius 2 is 1.58 bits per heavy atom. The third kappa shape index (κ3) is 3.54. The zero-order valence-corrected chi connectivity index (χ0v) is 15.7. The summed E-state index contributed by atoms with van der Waals surface area (Å²) in [5, 5.41) is 11.7. The molecule has 4 nitrogen and oxygen atoms in total. The molecule has 2 aromatic rings. The van der Waals surface area contributed by atoms with E-state index >= 15 is 0 Å². The highest BCUT2D eigenvalue weighted by Crippen LogP contribution is 2.40. The first-order valence-electron chi connectivity index (χ1n) is 9.14. The molecule has 0 amide bonds. The molecule has 26 heavy (non-hydrogen) atoms. The minimum Gasteiger partial charge on any atom is -0.449 e. The Morgan fingerprint density at radius 3 is 2.15 bits per heavy atom. The van der Waals surface area contributed by atoms with Crippen molar-refractivity contribution < 1.29 is 14.6 Å². The van der Waals surface area contributed by atoms with E-state index in [0.29, 0.717) is 17.9 Å². The molecule has 0 atom stereocenters. The van der Waals surface area contributed by atoms with Crippen LogP contribution < -0.4 is 9.47 Å². The third-order valence-electron chi connectivity index (χ3n) is 5.45. The van der Waals surface area contributed by atoms with Gasteiger partial charge in [0.15, 0.2) is 11.5 Å². The van der Waals surface area contributed by atoms with Crippen molar-refractivity contribution in [3.8, 4) is 11.5 Å². The molecular formula is C21H24ClNO3. The summed E-state index contributed by atoms with van der Waals surface area (Å²) >= 11 is 5.96. The number of rotatable bonds is 4. The molecule has 4 rings (SSSR count). The number of hydrogen-bond donors (Lipinski definition) is 1. The molecule has 1 saturated heterocycles. The van der Waals surface area contributed by atoms with Gasteiger partial charge in [-0.2, -0.15) is 0 Å². The molecule has 138 valence electrons. The van der Waals surface area contributed by atoms with Crippen LogP contribution in [0.15, 0.2) is 48.5 Å². The molecule has 2 aromatic carbocycles. The van der Waals surface area contributed by atoms with Crippen LogP contribution in [0.1, 0.15) is 31.7 Å². The second-order valence-electron chi connectivity index (χ2n) is 7.41. The van der Waals surface area contributed by atoms with Gasteiger partial charge >= 0.3 is 0 Å². The monoisotopic (exact) mass is 373 g/mol. The van der Waals surface area contributed by atoms with Gasteiger partial charge < -0.3 is 19.5 Å². The Morgan fingerprint density at radius 1 is 1.00 bits per heavy atom. The largest absolute Gasteiger partial charge is 0.449 e. The van der Waals surface area contributed by atoms with Gasteiger partial charge in [-0.25, -0.2) is 0 Å². The van der Waals surface area contributed by atoms with Gasteiger partial charge in [-0.15, -0.1) is 0 Å². The molecule has 5 heteroatoms. The highest BCUT2D eigenvalue weighted by Gasteiger charge is 2.38. The van der Waals surface area contributed by atoms with Crippen molar-refractivity contribution >= 4 is 11.6 Å². The molecule has 0 unspecified atom stereocenters. The predicted octanol–water partition coefficient (Wildman–Crippen LogP) is 4.20. The lowest BCUT2D eigenvalue weighted by Gasteiger charge is -2.39. The molecule has 2 aliphatic rings. The van der Waals surface area contributed by atoms with Gasteiger partial charge in [-0.05, 0) is 42.7 Å². The van der Waals surface area contributed by atoms with Crippen LogP contribution in [0.25, 0.3) is 0 Å². The van der Waals surface area contributed by atoms with Crippen LogP contribution in [-0.2, 0) is 5.60 Å². The third-order valence-corrected chi connectivity index (χ3v) is 5.70. The van der Waals surface area contributed by atoms with Crippen molar-refractivity contribution in [3.05, 3.63) is 59.1 Å². The first-order chi connectivity index (χ1) is 12.5. The van der Waals surface area contributed by atoms with E-state index in [0.717, 1.165) is 43.1 Å². The molecule has 2 aliphatic heterocycles. The molecule has 0 spiro atoms. The van der Waals surface area contributed by atoms with Gasteiger partial charge in [0.1, 0.15) is 0 Å². The van der Waals surface area contributed by atoms with Crippen molar-refractivity contribution in [2.45, 2.75) is 37.6 Å². The normalized spacial score (nSPS) is 20.9. The van der Waals surface area contributed by atoms with E-state index in [9.17, 15) is 5.11 Å². The lowest BCUT2D eigenvalue weighted by atomic mass is 9.84. The molecule has 0 aromatic heterocycles. The van der Waals surface area contributed by atoms with Crippen LogP contribution in [0.4, 0.5) is 0 Å². The summed E-state index contributed by atoms with van der Waals surface area (Å²) < 4.78 is 12.0. The number of benzene rings is 2. The number of hydrogen-bond acceptors (Lipinski definition) is 4. The van der Waals surface area contributed by atoms with E-state index in [1.165, 1.54) is 0 Å². The number of halogens is 1. The summed E-state index contributed by atoms with van der Waals surface area (Å²) in [5.74, 6) is 1.00. The van der Waals surface area contributed by atoms with Crippen LogP contribution in [0.2, 0.25) is 5.02 Å². The summed E-state index contributed by atoms with van der Waals surface area (Å²) in [4.78, 5) is 2.37. The first-order valence-corrected chi connectivity index (χ1v) is 9.52. The van der Waals surface area contributed by atoms with Crippen molar-refractivity contribution in [2.75, 3.05) is 19.6 Å². The van der Waals surface area contributed by atoms with E-state index in [2.05, 4.69) is 4.90 Å². The van der Waals surface area contributed by atoms with Gasteiger partial charge in [-0.3, -0.25) is 0 Å². The molecule has 0 bridgehead atoms. The molecule has 0 saturated carbocycles. The van der Waals surface area contributed by atoms with E-state index in [4.69, 9.17) is 21.1 Å². The van der Waals surface area contributed by atoms with Gasteiger partial charge in [0.25, 0.3) is 0 Å². The Labute approximate surface area is 159 Å². The standard InChI is InChI=1S/C21H24ClNO3/c1-20(25-18-4-2-3-5-19(18)26-20)10-13-23-14-11-21(24,12-15-23)16-6-8-17(22)9-7-16/h2-9,24H,10-15H2,1H3. The number of ether oxygens (including phenoxy) is 2. The first kappa shape index (κ1) is 17.7. The van der Waals surface area contributed by atoms with Crippen molar-refractivity contribution in [1.82, 2.24) is 4.90 Å². The van der Waals surface area contributed by atoms with Crippen LogP contribution in [0, 0.1) is 0 Å². The van der Waals surface area contributed by atoms with E-state index in [-0.39, 0.29) is 0 Å². The Bertz CT molecular complexity index is 744. The molecule has 1 fully saturated rings. The van der Waals surface area contributed by atoms with Crippen LogP contribution in [-0.4, -0.2) is 35.4 Å². The van der Waals surface area contributed by atoms with E-state index in [1.807, 2.05) is 55.5 Å². The summed E-state index contributed by atoms with van der Waals surface area (Å²) in [7, 11) is 0. The van der Waals surface area contributed by atoms with Crippen molar-refractivity contribution in [2.24, 2.45) is 0 Å². The van der Waals surface area contributed by atoms with Gasteiger partial charge in [-0.1, -0.05) is 35.9 Å². The number of nitrogens with zero attached hydrogens (tertiary/aromatic N) is 1. The number of likely N-dealkylation sites (tertiary alicyclic amines) is 1. The number of para-hydroxylation sites is 2. The Hall–Kier alpha value is -1.75. The maximum atomic E-state index is 11.0. The fourth-order valence-electron chi connectivity index (χ4n) is 3.76. The zero-order valence-electron chi connectivity index (χ0n) is 15.0. The summed E-state index contributed by atoms with van der Waals surface area (Å²) in [6.07, 6.45) is 2.21. The lowest BCUT2D eigenvalue weighted by Crippen LogP contribution is -2.45. The maximum absolute atomic E-state index is 11.0. The number of aliphatic hydroxyl groups is 1. The zero-order chi connectivity index (χ0) is 18.2. The SMILES string of the molecule is CC1(CCN2CCC(O)(c3ccc(Cl)cc3)CC2)Oc2ccccc2O1. The number of fused-ring (bicyclic) bond motifs is 1. The summed E-state index contributed by atoms with van der Waals surface area (Å²) in [6.45, 7) is 4.56. The summed E-state index contributed by atoms with van der Waals surface area (Å²) in [5.41, 5.74) is 0.188. The van der Waals surface area contributed by atoms with Crippen molar-refractivity contribution in [1.29, 1.82) is 0 Å². The highest BCUT2D eigenvalue weighted by atomic mass is 35.5. The van der Waals surface area contributed by atoms with Crippen molar-refractivity contribution in [3.63, 3.8) is 0 Å².